The highest BCUT2D eigenvalue weighted by atomic mass is 19.4. The normalized spacial score (nSPS) is 19.6. The Balaban J connectivity index is 2.02. The van der Waals surface area contributed by atoms with E-state index in [1.807, 2.05) is 6.07 Å². The summed E-state index contributed by atoms with van der Waals surface area (Å²) in [6.07, 6.45) is -3.56. The molecule has 1 unspecified atom stereocenters. The molecule has 0 aliphatic carbocycles. The summed E-state index contributed by atoms with van der Waals surface area (Å²) in [5.74, 6) is -0.157. The SMILES string of the molecule is CCN(Cc1cccc(OC(F)(F)F)c1)C1CCNC1. The molecule has 0 aromatic heterocycles. The molecule has 1 aliphatic heterocycles. The molecule has 3 nitrogen and oxygen atoms in total. The zero-order valence-electron chi connectivity index (χ0n) is 11.4. The van der Waals surface area contributed by atoms with Crippen LogP contribution in [0.15, 0.2) is 24.3 Å². The van der Waals surface area contributed by atoms with E-state index in [4.69, 9.17) is 0 Å². The number of alkyl halides is 3. The highest BCUT2D eigenvalue weighted by Crippen LogP contribution is 2.24. The highest BCUT2D eigenvalue weighted by molar-refractivity contribution is 5.28. The second-order valence-corrected chi connectivity index (χ2v) is 4.90. The van der Waals surface area contributed by atoms with Gasteiger partial charge in [0.05, 0.1) is 0 Å². The maximum Gasteiger partial charge on any atom is 0.573 e. The number of hydrogen-bond acceptors (Lipinski definition) is 3. The first kappa shape index (κ1) is 15.1. The lowest BCUT2D eigenvalue weighted by Crippen LogP contribution is -2.36. The van der Waals surface area contributed by atoms with Gasteiger partial charge in [-0.25, -0.2) is 0 Å². The predicted molar refractivity (Wildman–Crippen MR) is 70.5 cm³/mol. The average molecular weight is 288 g/mol. The second-order valence-electron chi connectivity index (χ2n) is 4.90. The van der Waals surface area contributed by atoms with E-state index < -0.39 is 6.36 Å². The van der Waals surface area contributed by atoms with Crippen molar-refractivity contribution in [3.63, 3.8) is 0 Å². The molecule has 0 amide bonds. The molecule has 1 N–H and O–H groups in total. The maximum atomic E-state index is 12.2. The van der Waals surface area contributed by atoms with Crippen molar-refractivity contribution < 1.29 is 17.9 Å². The van der Waals surface area contributed by atoms with Crippen molar-refractivity contribution in [1.82, 2.24) is 10.2 Å². The van der Waals surface area contributed by atoms with E-state index in [0.717, 1.165) is 31.6 Å². The minimum Gasteiger partial charge on any atom is -0.406 e. The summed E-state index contributed by atoms with van der Waals surface area (Å²) in [4.78, 5) is 2.27. The van der Waals surface area contributed by atoms with E-state index in [2.05, 4.69) is 21.9 Å². The van der Waals surface area contributed by atoms with Crippen molar-refractivity contribution in [1.29, 1.82) is 0 Å². The standard InChI is InChI=1S/C14H19F3N2O/c1-2-19(12-6-7-18-9-12)10-11-4-3-5-13(8-11)20-14(15,16)17/h3-5,8,12,18H,2,6-7,9-10H2,1H3. The first-order chi connectivity index (χ1) is 9.48. The van der Waals surface area contributed by atoms with Gasteiger partial charge in [0, 0.05) is 19.1 Å². The number of likely N-dealkylation sites (N-methyl/N-ethyl adjacent to an activating group) is 1. The van der Waals surface area contributed by atoms with Crippen molar-refractivity contribution in [3.05, 3.63) is 29.8 Å². The summed E-state index contributed by atoms with van der Waals surface area (Å²) in [6, 6.07) is 6.65. The Morgan fingerprint density at radius 1 is 1.40 bits per heavy atom. The van der Waals surface area contributed by atoms with Crippen LogP contribution in [-0.4, -0.2) is 36.9 Å². The Bertz CT molecular complexity index is 431. The molecular formula is C14H19F3N2O. The van der Waals surface area contributed by atoms with Crippen LogP contribution in [0.1, 0.15) is 18.9 Å². The molecule has 1 saturated heterocycles. The van der Waals surface area contributed by atoms with Crippen LogP contribution in [0.25, 0.3) is 0 Å². The first-order valence-corrected chi connectivity index (χ1v) is 6.77. The largest absolute Gasteiger partial charge is 0.573 e. The molecule has 1 aromatic carbocycles. The fraction of sp³-hybridized carbons (Fsp3) is 0.571. The third-order valence-electron chi connectivity index (χ3n) is 3.47. The van der Waals surface area contributed by atoms with Gasteiger partial charge in [-0.15, -0.1) is 13.2 Å². The molecule has 1 fully saturated rings. The van der Waals surface area contributed by atoms with Crippen LogP contribution in [0.3, 0.4) is 0 Å². The minimum atomic E-state index is -4.64. The van der Waals surface area contributed by atoms with Crippen LogP contribution in [0.5, 0.6) is 5.75 Å². The second kappa shape index (κ2) is 6.45. The van der Waals surface area contributed by atoms with Crippen molar-refractivity contribution >= 4 is 0 Å². The van der Waals surface area contributed by atoms with E-state index in [1.54, 1.807) is 6.07 Å². The quantitative estimate of drug-likeness (QED) is 0.901. The fourth-order valence-electron chi connectivity index (χ4n) is 2.53. The number of hydrogen-bond donors (Lipinski definition) is 1. The number of nitrogens with one attached hydrogen (secondary N) is 1. The van der Waals surface area contributed by atoms with Crippen LogP contribution in [-0.2, 0) is 6.54 Å². The number of halogens is 3. The van der Waals surface area contributed by atoms with E-state index in [1.165, 1.54) is 12.1 Å². The summed E-state index contributed by atoms with van der Waals surface area (Å²) in [6.45, 7) is 5.51. The molecule has 1 aliphatic rings. The lowest BCUT2D eigenvalue weighted by molar-refractivity contribution is -0.274. The third kappa shape index (κ3) is 4.38. The van der Waals surface area contributed by atoms with Gasteiger partial charge in [-0.3, -0.25) is 4.90 Å². The van der Waals surface area contributed by atoms with Crippen molar-refractivity contribution in [2.24, 2.45) is 0 Å². The molecule has 1 heterocycles. The molecule has 0 radical (unpaired) electrons. The van der Waals surface area contributed by atoms with Gasteiger partial charge in [0.25, 0.3) is 0 Å². The lowest BCUT2D eigenvalue weighted by atomic mass is 10.1. The van der Waals surface area contributed by atoms with Crippen LogP contribution >= 0.6 is 0 Å². The molecule has 1 atom stereocenters. The summed E-state index contributed by atoms with van der Waals surface area (Å²) in [5.41, 5.74) is 0.834. The van der Waals surface area contributed by atoms with E-state index in [-0.39, 0.29) is 5.75 Å². The molecule has 0 saturated carbocycles. The summed E-state index contributed by atoms with van der Waals surface area (Å²) < 4.78 is 40.6. The topological polar surface area (TPSA) is 24.5 Å². The van der Waals surface area contributed by atoms with Gasteiger partial charge in [0.2, 0.25) is 0 Å². The zero-order valence-corrected chi connectivity index (χ0v) is 11.4. The van der Waals surface area contributed by atoms with Crippen LogP contribution in [0, 0.1) is 0 Å². The lowest BCUT2D eigenvalue weighted by Gasteiger charge is -2.27. The van der Waals surface area contributed by atoms with Gasteiger partial charge in [-0.2, -0.15) is 0 Å². The molecule has 2 rings (SSSR count). The number of ether oxygens (including phenoxy) is 1. The number of nitrogens with zero attached hydrogens (tertiary/aromatic N) is 1. The van der Waals surface area contributed by atoms with Gasteiger partial charge in [-0.05, 0) is 37.2 Å². The van der Waals surface area contributed by atoms with Gasteiger partial charge >= 0.3 is 6.36 Å². The van der Waals surface area contributed by atoms with Gasteiger partial charge in [0.1, 0.15) is 5.75 Å². The van der Waals surface area contributed by atoms with Crippen molar-refractivity contribution in [2.75, 3.05) is 19.6 Å². The summed E-state index contributed by atoms with van der Waals surface area (Å²) >= 11 is 0. The van der Waals surface area contributed by atoms with Gasteiger partial charge in [-0.1, -0.05) is 19.1 Å². The fourth-order valence-corrected chi connectivity index (χ4v) is 2.53. The molecule has 1 aromatic rings. The molecule has 0 spiro atoms. The summed E-state index contributed by atoms with van der Waals surface area (Å²) in [7, 11) is 0. The molecule has 6 heteroatoms. The number of rotatable bonds is 5. The zero-order chi connectivity index (χ0) is 14.6. The van der Waals surface area contributed by atoms with E-state index in [0.29, 0.717) is 12.6 Å². The average Bonchev–Trinajstić information content (AvgIpc) is 2.88. The van der Waals surface area contributed by atoms with Crippen LogP contribution in [0.4, 0.5) is 13.2 Å². The van der Waals surface area contributed by atoms with Crippen molar-refractivity contribution in [3.8, 4) is 5.75 Å². The Kier molecular flexibility index (Phi) is 4.88. The monoisotopic (exact) mass is 288 g/mol. The Morgan fingerprint density at radius 2 is 2.20 bits per heavy atom. The van der Waals surface area contributed by atoms with Gasteiger partial charge < -0.3 is 10.1 Å². The maximum absolute atomic E-state index is 12.2. The highest BCUT2D eigenvalue weighted by Gasteiger charge is 2.31. The Hall–Kier alpha value is -1.27. The molecule has 112 valence electrons. The molecule has 0 bridgehead atoms. The molecular weight excluding hydrogens is 269 g/mol. The smallest absolute Gasteiger partial charge is 0.406 e. The van der Waals surface area contributed by atoms with E-state index >= 15 is 0 Å². The Morgan fingerprint density at radius 3 is 2.80 bits per heavy atom. The third-order valence-corrected chi connectivity index (χ3v) is 3.47. The summed E-state index contributed by atoms with van der Waals surface area (Å²) in [5, 5.41) is 3.30. The minimum absolute atomic E-state index is 0.157. The van der Waals surface area contributed by atoms with Crippen LogP contribution < -0.4 is 10.1 Å². The van der Waals surface area contributed by atoms with E-state index in [9.17, 15) is 13.2 Å². The predicted octanol–water partition coefficient (Wildman–Crippen LogP) is 2.77. The number of benzene rings is 1. The first-order valence-electron chi connectivity index (χ1n) is 6.77. The van der Waals surface area contributed by atoms with Crippen LogP contribution in [0.2, 0.25) is 0 Å². The molecule has 20 heavy (non-hydrogen) atoms. The Labute approximate surface area is 116 Å². The van der Waals surface area contributed by atoms with Gasteiger partial charge in [0.15, 0.2) is 0 Å². The van der Waals surface area contributed by atoms with Crippen molar-refractivity contribution in [2.45, 2.75) is 32.3 Å².